The summed E-state index contributed by atoms with van der Waals surface area (Å²) in [5.74, 6) is 3.00. The third-order valence-corrected chi connectivity index (χ3v) is 6.66. The van der Waals surface area contributed by atoms with Gasteiger partial charge in [-0.05, 0) is 67.6 Å². The molecule has 2 saturated carbocycles. The molecular weight excluding hydrogens is 324 g/mol. The number of hydrogen-bond acceptors (Lipinski definition) is 3. The zero-order chi connectivity index (χ0) is 17.9. The number of pyridine rings is 1. The average molecular weight is 348 g/mol. The van der Waals surface area contributed by atoms with Gasteiger partial charge in [0.15, 0.2) is 0 Å². The summed E-state index contributed by atoms with van der Waals surface area (Å²) in [7, 11) is 0. The molecule has 0 amide bonds. The van der Waals surface area contributed by atoms with Gasteiger partial charge in [0.1, 0.15) is 5.56 Å². The minimum Gasteiger partial charge on any atom is -0.388 e. The molecule has 4 nitrogen and oxygen atoms in total. The summed E-state index contributed by atoms with van der Waals surface area (Å²) in [4.78, 5) is 17.7. The topological polar surface area (TPSA) is 56.3 Å². The molecule has 1 unspecified atom stereocenters. The van der Waals surface area contributed by atoms with Crippen molar-refractivity contribution in [3.05, 3.63) is 39.7 Å². The molecule has 4 heteroatoms. The highest BCUT2D eigenvalue weighted by Gasteiger charge is 2.44. The Morgan fingerprint density at radius 1 is 1.23 bits per heavy atom. The Kier molecular flexibility index (Phi) is 3.45. The summed E-state index contributed by atoms with van der Waals surface area (Å²) in [6, 6.07) is 5.87. The van der Waals surface area contributed by atoms with E-state index in [-0.39, 0.29) is 5.56 Å². The zero-order valence-electron chi connectivity index (χ0n) is 14.9. The number of rotatable bonds is 3. The van der Waals surface area contributed by atoms with E-state index in [0.717, 1.165) is 48.1 Å². The first kappa shape index (κ1) is 16.0. The minimum atomic E-state index is -0.426. The van der Waals surface area contributed by atoms with E-state index in [1.807, 2.05) is 18.2 Å². The molecule has 1 aliphatic heterocycles. The van der Waals surface area contributed by atoms with Crippen molar-refractivity contribution in [1.82, 2.24) is 4.98 Å². The van der Waals surface area contributed by atoms with Crippen LogP contribution in [0.3, 0.4) is 0 Å². The predicted molar refractivity (Wildman–Crippen MR) is 103 cm³/mol. The van der Waals surface area contributed by atoms with E-state index >= 15 is 0 Å². The van der Waals surface area contributed by atoms with Crippen LogP contribution in [0.5, 0.6) is 0 Å². The highest BCUT2D eigenvalue weighted by atomic mass is 16.3. The molecular formula is C22H24N2O2. The first-order valence-electron chi connectivity index (χ1n) is 9.70. The van der Waals surface area contributed by atoms with Gasteiger partial charge in [-0.15, -0.1) is 6.42 Å². The molecule has 2 aliphatic carbocycles. The lowest BCUT2D eigenvalue weighted by molar-refractivity contribution is 0.154. The number of fused-ring (bicyclic) bond motifs is 1. The first-order valence-corrected chi connectivity index (χ1v) is 9.70. The maximum Gasteiger partial charge on any atom is 0.266 e. The van der Waals surface area contributed by atoms with E-state index < -0.39 is 6.10 Å². The van der Waals surface area contributed by atoms with Crippen molar-refractivity contribution >= 4 is 16.6 Å². The number of nitrogens with zero attached hydrogens (tertiary/aromatic N) is 1. The molecule has 3 aliphatic rings. The SMILES string of the molecule is C#Cc1c(N2CCC3(CC2)CC3)c2cc(C(O)C3CC3)ccc2[nH]c1=O. The molecule has 5 rings (SSSR count). The number of aromatic nitrogens is 1. The fourth-order valence-corrected chi connectivity index (χ4v) is 4.51. The van der Waals surface area contributed by atoms with Crippen LogP contribution < -0.4 is 10.5 Å². The van der Waals surface area contributed by atoms with E-state index in [4.69, 9.17) is 6.42 Å². The second-order valence-electron chi connectivity index (χ2n) is 8.40. The number of aromatic amines is 1. The van der Waals surface area contributed by atoms with Crippen LogP contribution >= 0.6 is 0 Å². The van der Waals surface area contributed by atoms with E-state index in [9.17, 15) is 9.90 Å². The van der Waals surface area contributed by atoms with Crippen LogP contribution in [0, 0.1) is 23.7 Å². The summed E-state index contributed by atoms with van der Waals surface area (Å²) in [5.41, 5.74) is 3.39. The Bertz CT molecular complexity index is 966. The van der Waals surface area contributed by atoms with Crippen LogP contribution in [0.1, 0.15) is 55.8 Å². The monoisotopic (exact) mass is 348 g/mol. The van der Waals surface area contributed by atoms with E-state index in [1.165, 1.54) is 25.7 Å². The van der Waals surface area contributed by atoms with E-state index in [0.29, 0.717) is 16.9 Å². The zero-order valence-corrected chi connectivity index (χ0v) is 14.9. The maximum absolute atomic E-state index is 12.5. The normalized spacial score (nSPS) is 22.4. The van der Waals surface area contributed by atoms with Gasteiger partial charge < -0.3 is 15.0 Å². The van der Waals surface area contributed by atoms with Crippen molar-refractivity contribution in [3.63, 3.8) is 0 Å². The van der Waals surface area contributed by atoms with Crippen LogP contribution in [-0.2, 0) is 0 Å². The lowest BCUT2D eigenvalue weighted by Crippen LogP contribution is -2.36. The fourth-order valence-electron chi connectivity index (χ4n) is 4.51. The summed E-state index contributed by atoms with van der Waals surface area (Å²) >= 11 is 0. The second-order valence-corrected chi connectivity index (χ2v) is 8.40. The molecule has 0 bridgehead atoms. The van der Waals surface area contributed by atoms with Crippen molar-refractivity contribution in [2.24, 2.45) is 11.3 Å². The molecule has 1 saturated heterocycles. The largest absolute Gasteiger partial charge is 0.388 e. The number of aliphatic hydroxyl groups excluding tert-OH is 1. The fraction of sp³-hybridized carbons (Fsp3) is 0.500. The highest BCUT2D eigenvalue weighted by Crippen LogP contribution is 2.54. The number of nitrogens with one attached hydrogen (secondary N) is 1. The van der Waals surface area contributed by atoms with Crippen LogP contribution in [0.25, 0.3) is 10.9 Å². The summed E-state index contributed by atoms with van der Waals surface area (Å²) in [6.45, 7) is 1.89. The van der Waals surface area contributed by atoms with Gasteiger partial charge in [0.2, 0.25) is 0 Å². The Morgan fingerprint density at radius 2 is 1.96 bits per heavy atom. The van der Waals surface area contributed by atoms with Gasteiger partial charge in [-0.1, -0.05) is 12.0 Å². The summed E-state index contributed by atoms with van der Waals surface area (Å²) in [6.07, 6.45) is 12.5. The molecule has 1 aromatic heterocycles. The van der Waals surface area contributed by atoms with Gasteiger partial charge in [-0.3, -0.25) is 4.79 Å². The van der Waals surface area contributed by atoms with Gasteiger partial charge in [0.05, 0.1) is 17.3 Å². The molecule has 2 N–H and O–H groups in total. The molecule has 1 atom stereocenters. The van der Waals surface area contributed by atoms with Crippen molar-refractivity contribution in [1.29, 1.82) is 0 Å². The van der Waals surface area contributed by atoms with Crippen molar-refractivity contribution in [2.45, 2.75) is 44.6 Å². The number of aliphatic hydroxyl groups is 1. The number of benzene rings is 1. The van der Waals surface area contributed by atoms with Gasteiger partial charge >= 0.3 is 0 Å². The number of terminal acetylenes is 1. The lowest BCUT2D eigenvalue weighted by Gasteiger charge is -2.35. The second kappa shape index (κ2) is 5.62. The van der Waals surface area contributed by atoms with Crippen LogP contribution in [-0.4, -0.2) is 23.2 Å². The van der Waals surface area contributed by atoms with Gasteiger partial charge in [-0.2, -0.15) is 0 Å². The molecule has 3 fully saturated rings. The average Bonchev–Trinajstić information content (AvgIpc) is 3.57. The molecule has 1 spiro atoms. The van der Waals surface area contributed by atoms with Gasteiger partial charge in [0.25, 0.3) is 5.56 Å². The third kappa shape index (κ3) is 2.54. The van der Waals surface area contributed by atoms with Crippen molar-refractivity contribution in [2.75, 3.05) is 18.0 Å². The van der Waals surface area contributed by atoms with Crippen molar-refractivity contribution < 1.29 is 5.11 Å². The molecule has 26 heavy (non-hydrogen) atoms. The van der Waals surface area contributed by atoms with E-state index in [2.05, 4.69) is 15.8 Å². The van der Waals surface area contributed by atoms with Crippen LogP contribution in [0.4, 0.5) is 5.69 Å². The lowest BCUT2D eigenvalue weighted by atomic mass is 9.92. The quantitative estimate of drug-likeness (QED) is 0.837. The molecule has 2 heterocycles. The number of anilines is 1. The van der Waals surface area contributed by atoms with Crippen molar-refractivity contribution in [3.8, 4) is 12.3 Å². The third-order valence-electron chi connectivity index (χ3n) is 6.66. The van der Waals surface area contributed by atoms with Gasteiger partial charge in [0, 0.05) is 18.5 Å². The molecule has 0 radical (unpaired) electrons. The minimum absolute atomic E-state index is 0.197. The Labute approximate surface area is 153 Å². The Morgan fingerprint density at radius 3 is 2.58 bits per heavy atom. The smallest absolute Gasteiger partial charge is 0.266 e. The standard InChI is InChI=1S/C22H24N2O2/c1-2-16-19(24-11-9-22(7-8-22)10-12-24)17-13-15(20(25)14-3-4-14)5-6-18(17)23-21(16)26/h1,5-6,13-14,20,25H,3-4,7-12H2,(H,23,26). The highest BCUT2D eigenvalue weighted by molar-refractivity contribution is 5.95. The van der Waals surface area contributed by atoms with Crippen LogP contribution in [0.2, 0.25) is 0 Å². The number of piperidine rings is 1. The van der Waals surface area contributed by atoms with Crippen LogP contribution in [0.15, 0.2) is 23.0 Å². The number of H-pyrrole nitrogens is 1. The summed E-state index contributed by atoms with van der Waals surface area (Å²) in [5, 5.41) is 11.5. The predicted octanol–water partition coefficient (Wildman–Crippen LogP) is 3.33. The van der Waals surface area contributed by atoms with Gasteiger partial charge in [-0.25, -0.2) is 0 Å². The maximum atomic E-state index is 12.5. The number of hydrogen-bond donors (Lipinski definition) is 2. The summed E-state index contributed by atoms with van der Waals surface area (Å²) < 4.78 is 0. The Balaban J connectivity index is 1.63. The first-order chi connectivity index (χ1) is 12.6. The molecule has 134 valence electrons. The Hall–Kier alpha value is -2.25. The molecule has 1 aromatic carbocycles. The molecule has 2 aromatic rings. The van der Waals surface area contributed by atoms with E-state index in [1.54, 1.807) is 0 Å².